The van der Waals surface area contributed by atoms with Gasteiger partial charge in [-0.05, 0) is 20.3 Å². The fourth-order valence-electron chi connectivity index (χ4n) is 0.917. The van der Waals surface area contributed by atoms with Gasteiger partial charge in [0.25, 0.3) is 0 Å². The molecular formula is C10H22N2O3. The molecule has 15 heavy (non-hydrogen) atoms. The SMILES string of the molecule is CCOCCOCC(=O)NCCC(C)N. The zero-order valence-electron chi connectivity index (χ0n) is 9.62. The second kappa shape index (κ2) is 9.89. The average molecular weight is 218 g/mol. The minimum atomic E-state index is -0.104. The van der Waals surface area contributed by atoms with Gasteiger partial charge in [-0.1, -0.05) is 0 Å². The van der Waals surface area contributed by atoms with Crippen molar-refractivity contribution in [1.82, 2.24) is 5.32 Å². The highest BCUT2D eigenvalue weighted by Crippen LogP contribution is 1.83. The van der Waals surface area contributed by atoms with E-state index in [2.05, 4.69) is 5.32 Å². The van der Waals surface area contributed by atoms with E-state index in [-0.39, 0.29) is 18.6 Å². The molecule has 0 aliphatic heterocycles. The lowest BCUT2D eigenvalue weighted by atomic mass is 10.2. The maximum absolute atomic E-state index is 11.1. The van der Waals surface area contributed by atoms with Crippen molar-refractivity contribution in [3.63, 3.8) is 0 Å². The van der Waals surface area contributed by atoms with E-state index in [1.165, 1.54) is 0 Å². The Morgan fingerprint density at radius 3 is 2.67 bits per heavy atom. The van der Waals surface area contributed by atoms with Crippen LogP contribution in [0.4, 0.5) is 0 Å². The number of amides is 1. The van der Waals surface area contributed by atoms with E-state index in [9.17, 15) is 4.79 Å². The third-order valence-electron chi connectivity index (χ3n) is 1.73. The van der Waals surface area contributed by atoms with Gasteiger partial charge in [0.05, 0.1) is 13.2 Å². The number of hydrogen-bond donors (Lipinski definition) is 2. The molecule has 0 rings (SSSR count). The molecule has 0 spiro atoms. The van der Waals surface area contributed by atoms with Crippen molar-refractivity contribution in [2.24, 2.45) is 5.73 Å². The van der Waals surface area contributed by atoms with Crippen LogP contribution >= 0.6 is 0 Å². The maximum atomic E-state index is 11.1. The van der Waals surface area contributed by atoms with Gasteiger partial charge in [0.1, 0.15) is 6.61 Å². The lowest BCUT2D eigenvalue weighted by Crippen LogP contribution is -2.31. The summed E-state index contributed by atoms with van der Waals surface area (Å²) < 4.78 is 10.1. The number of carbonyl (C=O) groups excluding carboxylic acids is 1. The van der Waals surface area contributed by atoms with Gasteiger partial charge in [-0.3, -0.25) is 4.79 Å². The van der Waals surface area contributed by atoms with Crippen LogP contribution in [0.25, 0.3) is 0 Å². The monoisotopic (exact) mass is 218 g/mol. The van der Waals surface area contributed by atoms with Crippen LogP contribution < -0.4 is 11.1 Å². The smallest absolute Gasteiger partial charge is 0.246 e. The summed E-state index contributed by atoms with van der Waals surface area (Å²) in [6.07, 6.45) is 0.782. The van der Waals surface area contributed by atoms with Crippen molar-refractivity contribution in [3.8, 4) is 0 Å². The van der Waals surface area contributed by atoms with Gasteiger partial charge in [0.15, 0.2) is 0 Å². The van der Waals surface area contributed by atoms with Gasteiger partial charge >= 0.3 is 0 Å². The van der Waals surface area contributed by atoms with E-state index in [0.717, 1.165) is 6.42 Å². The standard InChI is InChI=1S/C10H22N2O3/c1-3-14-6-7-15-8-10(13)12-5-4-9(2)11/h9H,3-8,11H2,1-2H3,(H,12,13). The molecule has 0 saturated heterocycles. The number of carbonyl (C=O) groups is 1. The fraction of sp³-hybridized carbons (Fsp3) is 0.900. The zero-order valence-corrected chi connectivity index (χ0v) is 9.62. The number of ether oxygens (including phenoxy) is 2. The van der Waals surface area contributed by atoms with Crippen LogP contribution in [0, 0.1) is 0 Å². The van der Waals surface area contributed by atoms with Gasteiger partial charge in [-0.15, -0.1) is 0 Å². The third-order valence-corrected chi connectivity index (χ3v) is 1.73. The summed E-state index contributed by atoms with van der Waals surface area (Å²) in [6.45, 7) is 6.17. The summed E-state index contributed by atoms with van der Waals surface area (Å²) in [5.41, 5.74) is 5.53. The van der Waals surface area contributed by atoms with Crippen LogP contribution in [0.5, 0.6) is 0 Å². The number of nitrogens with two attached hydrogens (primary N) is 1. The van der Waals surface area contributed by atoms with Gasteiger partial charge in [0.2, 0.25) is 5.91 Å². The first kappa shape index (κ1) is 14.3. The van der Waals surface area contributed by atoms with Crippen LogP contribution in [0.2, 0.25) is 0 Å². The number of rotatable bonds is 9. The highest BCUT2D eigenvalue weighted by molar-refractivity contribution is 5.77. The molecule has 3 N–H and O–H groups in total. The van der Waals surface area contributed by atoms with Crippen molar-refractivity contribution in [2.75, 3.05) is 33.0 Å². The topological polar surface area (TPSA) is 73.6 Å². The average Bonchev–Trinajstić information content (AvgIpc) is 2.17. The van der Waals surface area contributed by atoms with Crippen molar-refractivity contribution < 1.29 is 14.3 Å². The Bertz CT molecular complexity index is 163. The van der Waals surface area contributed by atoms with Crippen molar-refractivity contribution in [2.45, 2.75) is 26.3 Å². The first-order valence-corrected chi connectivity index (χ1v) is 5.34. The molecule has 0 aliphatic carbocycles. The summed E-state index contributed by atoms with van der Waals surface area (Å²) in [4.78, 5) is 11.1. The molecule has 1 unspecified atom stereocenters. The highest BCUT2D eigenvalue weighted by Gasteiger charge is 2.01. The molecule has 0 aromatic heterocycles. The highest BCUT2D eigenvalue weighted by atomic mass is 16.5. The summed E-state index contributed by atoms with van der Waals surface area (Å²) in [5.74, 6) is -0.104. The molecule has 0 bridgehead atoms. The summed E-state index contributed by atoms with van der Waals surface area (Å²) in [6, 6.07) is 0.115. The van der Waals surface area contributed by atoms with Crippen molar-refractivity contribution in [1.29, 1.82) is 0 Å². The quantitative estimate of drug-likeness (QED) is 0.530. The molecule has 0 aromatic carbocycles. The molecule has 0 radical (unpaired) electrons. The minimum Gasteiger partial charge on any atom is -0.379 e. The van der Waals surface area contributed by atoms with Gasteiger partial charge < -0.3 is 20.5 Å². The molecule has 0 fully saturated rings. The zero-order chi connectivity index (χ0) is 11.5. The molecule has 1 amide bonds. The molecular weight excluding hydrogens is 196 g/mol. The fourth-order valence-corrected chi connectivity index (χ4v) is 0.917. The Hall–Kier alpha value is -0.650. The number of nitrogens with one attached hydrogen (secondary N) is 1. The summed E-state index contributed by atoms with van der Waals surface area (Å²) in [7, 11) is 0. The van der Waals surface area contributed by atoms with Crippen LogP contribution in [0.15, 0.2) is 0 Å². The Morgan fingerprint density at radius 1 is 1.40 bits per heavy atom. The van der Waals surface area contributed by atoms with Crippen LogP contribution in [0.1, 0.15) is 20.3 Å². The summed E-state index contributed by atoms with van der Waals surface area (Å²) in [5, 5.41) is 2.72. The van der Waals surface area contributed by atoms with E-state index in [1.54, 1.807) is 0 Å². The van der Waals surface area contributed by atoms with Crippen molar-refractivity contribution in [3.05, 3.63) is 0 Å². The van der Waals surface area contributed by atoms with Gasteiger partial charge in [-0.2, -0.15) is 0 Å². The summed E-state index contributed by atoms with van der Waals surface area (Å²) >= 11 is 0. The van der Waals surface area contributed by atoms with E-state index < -0.39 is 0 Å². The van der Waals surface area contributed by atoms with Crippen molar-refractivity contribution >= 4 is 5.91 Å². The van der Waals surface area contributed by atoms with E-state index in [0.29, 0.717) is 26.4 Å². The number of hydrogen-bond acceptors (Lipinski definition) is 4. The lowest BCUT2D eigenvalue weighted by molar-refractivity contribution is -0.126. The Kier molecular flexibility index (Phi) is 9.46. The second-order valence-corrected chi connectivity index (χ2v) is 3.37. The van der Waals surface area contributed by atoms with E-state index >= 15 is 0 Å². The van der Waals surface area contributed by atoms with E-state index in [1.807, 2.05) is 13.8 Å². The molecule has 5 heteroatoms. The van der Waals surface area contributed by atoms with E-state index in [4.69, 9.17) is 15.2 Å². The Labute approximate surface area is 91.3 Å². The first-order valence-electron chi connectivity index (χ1n) is 5.34. The molecule has 0 saturated carbocycles. The largest absolute Gasteiger partial charge is 0.379 e. The van der Waals surface area contributed by atoms with Crippen LogP contribution in [0.3, 0.4) is 0 Å². The molecule has 0 aromatic rings. The molecule has 90 valence electrons. The third kappa shape index (κ3) is 11.3. The Balaban J connectivity index is 3.19. The maximum Gasteiger partial charge on any atom is 0.246 e. The molecule has 0 aliphatic rings. The predicted octanol–water partition coefficient (Wildman–Crippen LogP) is -0.107. The molecule has 0 heterocycles. The van der Waals surface area contributed by atoms with Gasteiger partial charge in [0, 0.05) is 19.2 Å². The normalized spacial score (nSPS) is 12.5. The first-order chi connectivity index (χ1) is 7.16. The molecule has 1 atom stereocenters. The second-order valence-electron chi connectivity index (χ2n) is 3.37. The molecule has 5 nitrogen and oxygen atoms in total. The Morgan fingerprint density at radius 2 is 2.07 bits per heavy atom. The predicted molar refractivity (Wildman–Crippen MR) is 58.6 cm³/mol. The van der Waals surface area contributed by atoms with Crippen LogP contribution in [-0.4, -0.2) is 44.9 Å². The lowest BCUT2D eigenvalue weighted by Gasteiger charge is -2.07. The van der Waals surface area contributed by atoms with Crippen LogP contribution in [-0.2, 0) is 14.3 Å². The minimum absolute atomic E-state index is 0.0893. The van der Waals surface area contributed by atoms with Gasteiger partial charge in [-0.25, -0.2) is 0 Å².